The molecule has 3 rings (SSSR count). The second-order valence-electron chi connectivity index (χ2n) is 6.93. The van der Waals surface area contributed by atoms with Gasteiger partial charge in [-0.3, -0.25) is 14.5 Å². The number of hydrogen-bond donors (Lipinski definition) is 2. The van der Waals surface area contributed by atoms with Crippen LogP contribution in [0.25, 0.3) is 0 Å². The lowest BCUT2D eigenvalue weighted by Crippen LogP contribution is -2.52. The SMILES string of the molecule is CC(=O)N1c2ccccc2C[C@H]1C(=O)NC1CCCCCC1CO. The Labute approximate surface area is 143 Å². The molecule has 1 aliphatic heterocycles. The third-order valence-corrected chi connectivity index (χ3v) is 5.34. The zero-order valence-corrected chi connectivity index (χ0v) is 14.2. The predicted octanol–water partition coefficient (Wildman–Crippen LogP) is 2.02. The van der Waals surface area contributed by atoms with E-state index in [0.29, 0.717) is 6.42 Å². The van der Waals surface area contributed by atoms with Gasteiger partial charge in [0.05, 0.1) is 0 Å². The number of benzene rings is 1. The van der Waals surface area contributed by atoms with E-state index in [0.717, 1.165) is 43.4 Å². The summed E-state index contributed by atoms with van der Waals surface area (Å²) in [5, 5.41) is 12.8. The lowest BCUT2D eigenvalue weighted by atomic mass is 9.95. The van der Waals surface area contributed by atoms with Gasteiger partial charge in [-0.1, -0.05) is 37.5 Å². The van der Waals surface area contributed by atoms with Crippen LogP contribution in [-0.4, -0.2) is 35.6 Å². The summed E-state index contributed by atoms with van der Waals surface area (Å²) in [5.41, 5.74) is 1.87. The molecule has 1 saturated carbocycles. The molecular formula is C19H26N2O3. The molecule has 0 aromatic heterocycles. The zero-order chi connectivity index (χ0) is 17.1. The van der Waals surface area contributed by atoms with Crippen molar-refractivity contribution >= 4 is 17.5 Å². The van der Waals surface area contributed by atoms with Crippen LogP contribution in [0.3, 0.4) is 0 Å². The molecule has 0 saturated heterocycles. The molecule has 1 heterocycles. The Balaban J connectivity index is 1.76. The summed E-state index contributed by atoms with van der Waals surface area (Å²) in [4.78, 5) is 26.6. The third-order valence-electron chi connectivity index (χ3n) is 5.34. The predicted molar refractivity (Wildman–Crippen MR) is 92.7 cm³/mol. The number of aliphatic hydroxyl groups excluding tert-OH is 1. The second kappa shape index (κ2) is 7.34. The molecule has 2 amide bonds. The van der Waals surface area contributed by atoms with E-state index >= 15 is 0 Å². The van der Waals surface area contributed by atoms with E-state index in [2.05, 4.69) is 5.32 Å². The van der Waals surface area contributed by atoms with Crippen LogP contribution in [0.4, 0.5) is 5.69 Å². The number of nitrogens with one attached hydrogen (secondary N) is 1. The molecule has 2 N–H and O–H groups in total. The van der Waals surface area contributed by atoms with E-state index in [-0.39, 0.29) is 30.4 Å². The minimum absolute atomic E-state index is 0.00233. The molecule has 1 aromatic carbocycles. The highest BCUT2D eigenvalue weighted by atomic mass is 16.3. The van der Waals surface area contributed by atoms with E-state index in [1.54, 1.807) is 4.90 Å². The molecule has 3 atom stereocenters. The molecule has 1 fully saturated rings. The van der Waals surface area contributed by atoms with Crippen molar-refractivity contribution in [2.45, 2.75) is 57.5 Å². The number of aliphatic hydroxyl groups is 1. The molecule has 0 bridgehead atoms. The largest absolute Gasteiger partial charge is 0.396 e. The van der Waals surface area contributed by atoms with E-state index in [9.17, 15) is 14.7 Å². The van der Waals surface area contributed by atoms with Gasteiger partial charge in [0.1, 0.15) is 6.04 Å². The quantitative estimate of drug-likeness (QED) is 0.833. The number of hydrogen-bond acceptors (Lipinski definition) is 3. The summed E-state index contributed by atoms with van der Waals surface area (Å²) in [6.07, 6.45) is 5.73. The van der Waals surface area contributed by atoms with Crippen molar-refractivity contribution in [3.63, 3.8) is 0 Å². The van der Waals surface area contributed by atoms with Gasteiger partial charge < -0.3 is 10.4 Å². The fourth-order valence-electron chi connectivity index (χ4n) is 4.06. The van der Waals surface area contributed by atoms with Crippen molar-refractivity contribution in [3.8, 4) is 0 Å². The number of rotatable bonds is 3. The summed E-state index contributed by atoms with van der Waals surface area (Å²) in [7, 11) is 0. The fraction of sp³-hybridized carbons (Fsp3) is 0.579. The number of nitrogens with zero attached hydrogens (tertiary/aromatic N) is 1. The number of carbonyl (C=O) groups is 2. The van der Waals surface area contributed by atoms with Crippen molar-refractivity contribution in [1.82, 2.24) is 5.32 Å². The van der Waals surface area contributed by atoms with Crippen molar-refractivity contribution in [3.05, 3.63) is 29.8 Å². The first kappa shape index (κ1) is 17.0. The molecule has 24 heavy (non-hydrogen) atoms. The maximum Gasteiger partial charge on any atom is 0.243 e. The van der Waals surface area contributed by atoms with E-state index < -0.39 is 6.04 Å². The van der Waals surface area contributed by atoms with Crippen molar-refractivity contribution in [1.29, 1.82) is 0 Å². The van der Waals surface area contributed by atoms with Gasteiger partial charge in [0.2, 0.25) is 11.8 Å². The normalized spacial score (nSPS) is 26.6. The minimum atomic E-state index is -0.484. The number of para-hydroxylation sites is 1. The Morgan fingerprint density at radius 3 is 2.71 bits per heavy atom. The molecular weight excluding hydrogens is 304 g/mol. The van der Waals surface area contributed by atoms with Gasteiger partial charge in [-0.05, 0) is 24.5 Å². The van der Waals surface area contributed by atoms with Gasteiger partial charge in [-0.2, -0.15) is 0 Å². The van der Waals surface area contributed by atoms with Gasteiger partial charge in [0, 0.05) is 37.6 Å². The Morgan fingerprint density at radius 1 is 1.21 bits per heavy atom. The topological polar surface area (TPSA) is 69.6 Å². The molecule has 130 valence electrons. The fourth-order valence-corrected chi connectivity index (χ4v) is 4.06. The van der Waals surface area contributed by atoms with Crippen LogP contribution in [0.2, 0.25) is 0 Å². The molecule has 0 spiro atoms. The van der Waals surface area contributed by atoms with Crippen LogP contribution in [0.15, 0.2) is 24.3 Å². The van der Waals surface area contributed by atoms with Gasteiger partial charge in [0.15, 0.2) is 0 Å². The Bertz CT molecular complexity index is 616. The number of fused-ring (bicyclic) bond motifs is 1. The summed E-state index contributed by atoms with van der Waals surface area (Å²) >= 11 is 0. The zero-order valence-electron chi connectivity index (χ0n) is 14.2. The Hall–Kier alpha value is -1.88. The van der Waals surface area contributed by atoms with Crippen LogP contribution in [0, 0.1) is 5.92 Å². The maximum absolute atomic E-state index is 12.9. The Kier molecular flexibility index (Phi) is 5.19. The van der Waals surface area contributed by atoms with Crippen LogP contribution in [0.5, 0.6) is 0 Å². The van der Waals surface area contributed by atoms with Gasteiger partial charge in [-0.15, -0.1) is 0 Å². The third kappa shape index (κ3) is 3.31. The first-order valence-electron chi connectivity index (χ1n) is 8.90. The average molecular weight is 330 g/mol. The molecule has 2 aliphatic rings. The van der Waals surface area contributed by atoms with Gasteiger partial charge >= 0.3 is 0 Å². The second-order valence-corrected chi connectivity index (χ2v) is 6.93. The first-order valence-corrected chi connectivity index (χ1v) is 8.90. The number of amides is 2. The summed E-state index contributed by atoms with van der Waals surface area (Å²) < 4.78 is 0. The van der Waals surface area contributed by atoms with E-state index in [4.69, 9.17) is 0 Å². The Morgan fingerprint density at radius 2 is 1.96 bits per heavy atom. The molecule has 5 nitrogen and oxygen atoms in total. The lowest BCUT2D eigenvalue weighted by molar-refractivity contribution is -0.126. The standard InChI is InChI=1S/C19H26N2O3/c1-13(23)21-17-10-6-5-7-14(17)11-18(21)19(24)20-16-9-4-2-3-8-15(16)12-22/h5-7,10,15-16,18,22H,2-4,8-9,11-12H2,1H3,(H,20,24)/t15?,16?,18-/m0/s1. The van der Waals surface area contributed by atoms with Gasteiger partial charge in [0.25, 0.3) is 0 Å². The van der Waals surface area contributed by atoms with Crippen LogP contribution < -0.4 is 10.2 Å². The number of anilines is 1. The molecule has 1 aromatic rings. The first-order chi connectivity index (χ1) is 11.6. The van der Waals surface area contributed by atoms with Crippen LogP contribution in [0.1, 0.15) is 44.6 Å². The van der Waals surface area contributed by atoms with Crippen molar-refractivity contribution < 1.29 is 14.7 Å². The van der Waals surface area contributed by atoms with Gasteiger partial charge in [-0.25, -0.2) is 0 Å². The smallest absolute Gasteiger partial charge is 0.243 e. The summed E-state index contributed by atoms with van der Waals surface area (Å²) in [5.74, 6) is -0.0996. The van der Waals surface area contributed by atoms with Crippen LogP contribution in [-0.2, 0) is 16.0 Å². The highest BCUT2D eigenvalue weighted by Crippen LogP contribution is 2.32. The number of carbonyl (C=O) groups excluding carboxylic acids is 2. The monoisotopic (exact) mass is 330 g/mol. The minimum Gasteiger partial charge on any atom is -0.396 e. The van der Waals surface area contributed by atoms with Crippen LogP contribution >= 0.6 is 0 Å². The molecule has 0 radical (unpaired) electrons. The highest BCUT2D eigenvalue weighted by molar-refractivity contribution is 6.02. The van der Waals surface area contributed by atoms with E-state index in [1.165, 1.54) is 6.92 Å². The van der Waals surface area contributed by atoms with E-state index in [1.807, 2.05) is 24.3 Å². The van der Waals surface area contributed by atoms with Crippen molar-refractivity contribution in [2.24, 2.45) is 5.92 Å². The highest BCUT2D eigenvalue weighted by Gasteiger charge is 2.38. The lowest BCUT2D eigenvalue weighted by Gasteiger charge is -2.29. The van der Waals surface area contributed by atoms with Crippen molar-refractivity contribution in [2.75, 3.05) is 11.5 Å². The summed E-state index contributed by atoms with van der Waals surface area (Å²) in [6.45, 7) is 1.61. The summed E-state index contributed by atoms with van der Waals surface area (Å²) in [6, 6.07) is 7.21. The maximum atomic E-state index is 12.9. The molecule has 5 heteroatoms. The average Bonchev–Trinajstić information content (AvgIpc) is 2.83. The molecule has 2 unspecified atom stereocenters. The molecule has 1 aliphatic carbocycles.